The SMILES string of the molecule is CCCNC(CO)COCCC(C)(C)OC. The van der Waals surface area contributed by atoms with E-state index >= 15 is 0 Å². The van der Waals surface area contributed by atoms with E-state index in [1.807, 2.05) is 13.8 Å². The fourth-order valence-corrected chi connectivity index (χ4v) is 1.17. The van der Waals surface area contributed by atoms with Crippen molar-refractivity contribution in [1.82, 2.24) is 5.32 Å². The Morgan fingerprint density at radius 1 is 1.38 bits per heavy atom. The van der Waals surface area contributed by atoms with Gasteiger partial charge in [0.2, 0.25) is 0 Å². The van der Waals surface area contributed by atoms with E-state index in [0.29, 0.717) is 13.2 Å². The zero-order valence-electron chi connectivity index (χ0n) is 11.1. The average Bonchev–Trinajstić information content (AvgIpc) is 2.28. The lowest BCUT2D eigenvalue weighted by Gasteiger charge is -2.23. The second-order valence-electron chi connectivity index (χ2n) is 4.62. The van der Waals surface area contributed by atoms with Gasteiger partial charge in [-0.15, -0.1) is 0 Å². The van der Waals surface area contributed by atoms with Crippen molar-refractivity contribution in [2.24, 2.45) is 0 Å². The molecule has 0 heterocycles. The lowest BCUT2D eigenvalue weighted by atomic mass is 10.1. The Balaban J connectivity index is 3.55. The zero-order valence-corrected chi connectivity index (χ0v) is 11.1. The number of nitrogens with one attached hydrogen (secondary N) is 1. The van der Waals surface area contributed by atoms with Gasteiger partial charge in [-0.3, -0.25) is 0 Å². The standard InChI is InChI=1S/C12H27NO3/c1-5-7-13-11(9-14)10-16-8-6-12(2,3)15-4/h11,13-14H,5-10H2,1-4H3. The summed E-state index contributed by atoms with van der Waals surface area (Å²) in [6, 6.07) is 0.0469. The third kappa shape index (κ3) is 8.05. The first-order chi connectivity index (χ1) is 7.55. The molecule has 0 aromatic rings. The van der Waals surface area contributed by atoms with Crippen molar-refractivity contribution in [3.8, 4) is 0 Å². The van der Waals surface area contributed by atoms with Crippen LogP contribution >= 0.6 is 0 Å². The fraction of sp³-hybridized carbons (Fsp3) is 1.00. The quantitative estimate of drug-likeness (QED) is 0.556. The first kappa shape index (κ1) is 15.8. The van der Waals surface area contributed by atoms with Gasteiger partial charge in [-0.2, -0.15) is 0 Å². The van der Waals surface area contributed by atoms with E-state index < -0.39 is 0 Å². The van der Waals surface area contributed by atoms with Gasteiger partial charge in [0.05, 0.1) is 24.9 Å². The average molecular weight is 233 g/mol. The number of aliphatic hydroxyl groups is 1. The maximum Gasteiger partial charge on any atom is 0.0644 e. The van der Waals surface area contributed by atoms with E-state index in [0.717, 1.165) is 19.4 Å². The number of methoxy groups -OCH3 is 1. The van der Waals surface area contributed by atoms with Gasteiger partial charge in [-0.25, -0.2) is 0 Å². The molecule has 0 aliphatic rings. The summed E-state index contributed by atoms with van der Waals surface area (Å²) in [5.41, 5.74) is -0.133. The van der Waals surface area contributed by atoms with Gasteiger partial charge in [0.1, 0.15) is 0 Å². The molecule has 0 amide bonds. The molecule has 98 valence electrons. The van der Waals surface area contributed by atoms with Crippen LogP contribution in [0.1, 0.15) is 33.6 Å². The monoisotopic (exact) mass is 233 g/mol. The van der Waals surface area contributed by atoms with Crippen molar-refractivity contribution in [1.29, 1.82) is 0 Å². The first-order valence-electron chi connectivity index (χ1n) is 6.03. The molecule has 0 aliphatic carbocycles. The van der Waals surface area contributed by atoms with E-state index in [9.17, 15) is 0 Å². The van der Waals surface area contributed by atoms with Crippen molar-refractivity contribution >= 4 is 0 Å². The molecule has 1 atom stereocenters. The summed E-state index contributed by atoms with van der Waals surface area (Å²) in [5, 5.41) is 12.3. The molecule has 4 nitrogen and oxygen atoms in total. The van der Waals surface area contributed by atoms with Crippen LogP contribution in [0.15, 0.2) is 0 Å². The molecule has 16 heavy (non-hydrogen) atoms. The second kappa shape index (κ2) is 8.93. The highest BCUT2D eigenvalue weighted by molar-refractivity contribution is 4.68. The summed E-state index contributed by atoms with van der Waals surface area (Å²) >= 11 is 0. The molecular weight excluding hydrogens is 206 g/mol. The highest BCUT2D eigenvalue weighted by Gasteiger charge is 2.16. The van der Waals surface area contributed by atoms with Gasteiger partial charge in [0, 0.05) is 13.7 Å². The Morgan fingerprint density at radius 3 is 2.56 bits per heavy atom. The summed E-state index contributed by atoms with van der Waals surface area (Å²) in [5.74, 6) is 0. The molecule has 0 aromatic carbocycles. The van der Waals surface area contributed by atoms with E-state index in [1.54, 1.807) is 7.11 Å². The predicted octanol–water partition coefficient (Wildman–Crippen LogP) is 1.18. The van der Waals surface area contributed by atoms with Gasteiger partial charge in [0.15, 0.2) is 0 Å². The van der Waals surface area contributed by atoms with Crippen molar-refractivity contribution in [3.05, 3.63) is 0 Å². The summed E-state index contributed by atoms with van der Waals surface area (Å²) in [4.78, 5) is 0. The summed E-state index contributed by atoms with van der Waals surface area (Å²) in [6.07, 6.45) is 1.92. The van der Waals surface area contributed by atoms with Gasteiger partial charge in [-0.1, -0.05) is 6.92 Å². The Labute approximate surface area is 99.3 Å². The van der Waals surface area contributed by atoms with Crippen molar-refractivity contribution in [3.63, 3.8) is 0 Å². The van der Waals surface area contributed by atoms with Crippen molar-refractivity contribution in [2.75, 3.05) is 33.5 Å². The Kier molecular flexibility index (Phi) is 8.84. The molecular formula is C12H27NO3. The van der Waals surface area contributed by atoms with Crippen LogP contribution < -0.4 is 5.32 Å². The zero-order chi connectivity index (χ0) is 12.4. The maximum absolute atomic E-state index is 9.09. The molecule has 0 saturated heterocycles. The summed E-state index contributed by atoms with van der Waals surface area (Å²) in [6.45, 7) is 8.42. The molecule has 0 aromatic heterocycles. The van der Waals surface area contributed by atoms with E-state index in [1.165, 1.54) is 0 Å². The topological polar surface area (TPSA) is 50.7 Å². The molecule has 1 unspecified atom stereocenters. The van der Waals surface area contributed by atoms with Crippen LogP contribution in [0.25, 0.3) is 0 Å². The molecule has 0 rings (SSSR count). The molecule has 0 aliphatic heterocycles. The van der Waals surface area contributed by atoms with Crippen LogP contribution in [0.4, 0.5) is 0 Å². The molecule has 0 bridgehead atoms. The second-order valence-corrected chi connectivity index (χ2v) is 4.62. The predicted molar refractivity (Wildman–Crippen MR) is 65.7 cm³/mol. The Bertz CT molecular complexity index is 162. The minimum atomic E-state index is -0.133. The van der Waals surface area contributed by atoms with Gasteiger partial charge in [0.25, 0.3) is 0 Å². The third-order valence-corrected chi connectivity index (χ3v) is 2.62. The van der Waals surface area contributed by atoms with Crippen molar-refractivity contribution in [2.45, 2.75) is 45.3 Å². The van der Waals surface area contributed by atoms with E-state index in [2.05, 4.69) is 12.2 Å². The highest BCUT2D eigenvalue weighted by atomic mass is 16.5. The van der Waals surface area contributed by atoms with Crippen LogP contribution in [0.2, 0.25) is 0 Å². The van der Waals surface area contributed by atoms with Gasteiger partial charge in [-0.05, 0) is 33.2 Å². The first-order valence-corrected chi connectivity index (χ1v) is 6.03. The van der Waals surface area contributed by atoms with Crippen LogP contribution in [0.5, 0.6) is 0 Å². The number of aliphatic hydroxyl groups excluding tert-OH is 1. The highest BCUT2D eigenvalue weighted by Crippen LogP contribution is 2.12. The lowest BCUT2D eigenvalue weighted by Crippen LogP contribution is -2.37. The molecule has 0 saturated carbocycles. The minimum absolute atomic E-state index is 0.0469. The number of rotatable bonds is 10. The third-order valence-electron chi connectivity index (χ3n) is 2.62. The number of hydrogen-bond acceptors (Lipinski definition) is 4. The van der Waals surface area contributed by atoms with Gasteiger partial charge < -0.3 is 19.9 Å². The molecule has 2 N–H and O–H groups in total. The lowest BCUT2D eigenvalue weighted by molar-refractivity contribution is -0.0141. The number of ether oxygens (including phenoxy) is 2. The Hall–Kier alpha value is -0.160. The van der Waals surface area contributed by atoms with Crippen LogP contribution in [0, 0.1) is 0 Å². The van der Waals surface area contributed by atoms with Crippen molar-refractivity contribution < 1.29 is 14.6 Å². The maximum atomic E-state index is 9.09. The fourth-order valence-electron chi connectivity index (χ4n) is 1.17. The smallest absolute Gasteiger partial charge is 0.0644 e. The summed E-state index contributed by atoms with van der Waals surface area (Å²) in [7, 11) is 1.71. The Morgan fingerprint density at radius 2 is 2.06 bits per heavy atom. The van der Waals surface area contributed by atoms with Crippen LogP contribution in [-0.2, 0) is 9.47 Å². The van der Waals surface area contributed by atoms with Crippen LogP contribution in [-0.4, -0.2) is 50.2 Å². The minimum Gasteiger partial charge on any atom is -0.395 e. The number of hydrogen-bond donors (Lipinski definition) is 2. The molecule has 0 radical (unpaired) electrons. The molecule has 4 heteroatoms. The van der Waals surface area contributed by atoms with E-state index in [4.69, 9.17) is 14.6 Å². The molecule has 0 fully saturated rings. The van der Waals surface area contributed by atoms with Crippen LogP contribution in [0.3, 0.4) is 0 Å². The molecule has 0 spiro atoms. The largest absolute Gasteiger partial charge is 0.395 e. The van der Waals surface area contributed by atoms with Gasteiger partial charge >= 0.3 is 0 Å². The normalized spacial score (nSPS) is 14.1. The van der Waals surface area contributed by atoms with E-state index in [-0.39, 0.29) is 18.2 Å². The summed E-state index contributed by atoms with van der Waals surface area (Å²) < 4.78 is 10.8.